The van der Waals surface area contributed by atoms with Gasteiger partial charge in [0.1, 0.15) is 5.76 Å². The van der Waals surface area contributed by atoms with Crippen LogP contribution in [-0.4, -0.2) is 20.8 Å². The molecule has 0 heterocycles. The average Bonchev–Trinajstić information content (AvgIpc) is 2.00. The van der Waals surface area contributed by atoms with Gasteiger partial charge in [0.05, 0.1) is 12.2 Å². The monoisotopic (exact) mass is 244 g/mol. The molecule has 0 amide bonds. The van der Waals surface area contributed by atoms with Crippen molar-refractivity contribution >= 4 is 10.1 Å². The van der Waals surface area contributed by atoms with E-state index in [2.05, 4.69) is 4.18 Å². The summed E-state index contributed by atoms with van der Waals surface area (Å²) < 4.78 is 62.5. The normalized spacial score (nSPS) is 23.5. The maximum Gasteiger partial charge on any atom is 0.392 e. The number of rotatable bonds is 2. The maximum absolute atomic E-state index is 12.2. The van der Waals surface area contributed by atoms with Crippen molar-refractivity contribution in [2.75, 3.05) is 6.26 Å². The van der Waals surface area contributed by atoms with E-state index in [0.717, 1.165) is 6.26 Å². The van der Waals surface area contributed by atoms with Crippen molar-refractivity contribution in [1.82, 2.24) is 0 Å². The van der Waals surface area contributed by atoms with Gasteiger partial charge >= 0.3 is 16.3 Å². The smallest absolute Gasteiger partial charge is 0.387 e. The lowest BCUT2D eigenvalue weighted by molar-refractivity contribution is -0.176. The Kier molecular flexibility index (Phi) is 3.32. The topological polar surface area (TPSA) is 43.4 Å². The van der Waals surface area contributed by atoms with Crippen molar-refractivity contribution in [2.24, 2.45) is 5.92 Å². The SMILES string of the molecule is CS(=O)(=O)OC1=CCC(C(F)(F)F)CC1. The Morgan fingerprint density at radius 3 is 2.40 bits per heavy atom. The van der Waals surface area contributed by atoms with E-state index in [1.54, 1.807) is 0 Å². The second kappa shape index (κ2) is 4.03. The molecule has 15 heavy (non-hydrogen) atoms. The lowest BCUT2D eigenvalue weighted by atomic mass is 9.93. The summed E-state index contributed by atoms with van der Waals surface area (Å²) in [7, 11) is -3.63. The van der Waals surface area contributed by atoms with Crippen LogP contribution < -0.4 is 0 Å². The molecule has 88 valence electrons. The molecule has 0 saturated heterocycles. The first-order valence-corrected chi connectivity index (χ1v) is 6.15. The largest absolute Gasteiger partial charge is 0.392 e. The molecule has 0 fully saturated rings. The van der Waals surface area contributed by atoms with Crippen molar-refractivity contribution in [1.29, 1.82) is 0 Å². The molecule has 3 nitrogen and oxygen atoms in total. The van der Waals surface area contributed by atoms with E-state index in [0.29, 0.717) is 0 Å². The summed E-state index contributed by atoms with van der Waals surface area (Å²) in [6.45, 7) is 0. The molecule has 0 aliphatic heterocycles. The van der Waals surface area contributed by atoms with Crippen LogP contribution in [0.15, 0.2) is 11.8 Å². The van der Waals surface area contributed by atoms with Gasteiger partial charge in [-0.1, -0.05) is 0 Å². The van der Waals surface area contributed by atoms with Gasteiger partial charge in [-0.2, -0.15) is 21.6 Å². The van der Waals surface area contributed by atoms with Crippen molar-refractivity contribution in [3.8, 4) is 0 Å². The number of hydrogen-bond acceptors (Lipinski definition) is 3. The van der Waals surface area contributed by atoms with Crippen LogP contribution in [0.4, 0.5) is 13.2 Å². The second-order valence-electron chi connectivity index (χ2n) is 3.47. The summed E-state index contributed by atoms with van der Waals surface area (Å²) in [5.74, 6) is -1.28. The minimum absolute atomic E-state index is 0.0112. The molecule has 0 N–H and O–H groups in total. The Balaban J connectivity index is 2.60. The van der Waals surface area contributed by atoms with Gasteiger partial charge in [0.15, 0.2) is 0 Å². The minimum atomic E-state index is -4.22. The highest BCUT2D eigenvalue weighted by molar-refractivity contribution is 7.86. The minimum Gasteiger partial charge on any atom is -0.387 e. The van der Waals surface area contributed by atoms with E-state index in [4.69, 9.17) is 0 Å². The van der Waals surface area contributed by atoms with Gasteiger partial charge in [-0.05, 0) is 18.9 Å². The molecule has 0 radical (unpaired) electrons. The zero-order chi connectivity index (χ0) is 11.7. The van der Waals surface area contributed by atoms with Crippen LogP contribution in [0.25, 0.3) is 0 Å². The molecule has 0 spiro atoms. The van der Waals surface area contributed by atoms with Crippen LogP contribution in [-0.2, 0) is 14.3 Å². The quantitative estimate of drug-likeness (QED) is 0.699. The van der Waals surface area contributed by atoms with E-state index in [1.165, 1.54) is 6.08 Å². The summed E-state index contributed by atoms with van der Waals surface area (Å²) in [5.41, 5.74) is 0. The van der Waals surface area contributed by atoms with Crippen molar-refractivity contribution in [2.45, 2.75) is 25.4 Å². The van der Waals surface area contributed by atoms with Gasteiger partial charge in [-0.15, -0.1) is 0 Å². The Morgan fingerprint density at radius 1 is 1.47 bits per heavy atom. The first-order chi connectivity index (χ1) is 6.68. The predicted octanol–water partition coefficient (Wildman–Crippen LogP) is 2.21. The fourth-order valence-electron chi connectivity index (χ4n) is 1.38. The van der Waals surface area contributed by atoms with Crippen molar-refractivity contribution < 1.29 is 25.8 Å². The van der Waals surface area contributed by atoms with Gasteiger partial charge in [-0.3, -0.25) is 0 Å². The first kappa shape index (κ1) is 12.4. The Bertz CT molecular complexity index is 356. The zero-order valence-corrected chi connectivity index (χ0v) is 8.86. The predicted molar refractivity (Wildman–Crippen MR) is 47.4 cm³/mol. The lowest BCUT2D eigenvalue weighted by Gasteiger charge is -2.23. The van der Waals surface area contributed by atoms with Gasteiger partial charge in [0.25, 0.3) is 0 Å². The highest BCUT2D eigenvalue weighted by Gasteiger charge is 2.40. The third-order valence-corrected chi connectivity index (χ3v) is 2.61. The van der Waals surface area contributed by atoms with Crippen LogP contribution >= 0.6 is 0 Å². The highest BCUT2D eigenvalue weighted by Crippen LogP contribution is 2.37. The third kappa shape index (κ3) is 4.11. The van der Waals surface area contributed by atoms with Crippen molar-refractivity contribution in [3.05, 3.63) is 11.8 Å². The van der Waals surface area contributed by atoms with Gasteiger partial charge < -0.3 is 4.18 Å². The van der Waals surface area contributed by atoms with E-state index >= 15 is 0 Å². The molecule has 1 atom stereocenters. The molecular formula is C8H11F3O3S. The van der Waals surface area contributed by atoms with Crippen LogP contribution in [0, 0.1) is 5.92 Å². The standard InChI is InChI=1S/C8H11F3O3S/c1-15(12,13)14-7-4-2-6(3-5-7)8(9,10)11/h4,6H,2-3,5H2,1H3. The highest BCUT2D eigenvalue weighted by atomic mass is 32.2. The van der Waals surface area contributed by atoms with Crippen LogP contribution in [0.3, 0.4) is 0 Å². The van der Waals surface area contributed by atoms with E-state index in [1.807, 2.05) is 0 Å². The number of allylic oxidation sites excluding steroid dienone is 2. The van der Waals surface area contributed by atoms with Gasteiger partial charge in [0, 0.05) is 6.42 Å². The fraction of sp³-hybridized carbons (Fsp3) is 0.750. The van der Waals surface area contributed by atoms with Crippen LogP contribution in [0.5, 0.6) is 0 Å². The van der Waals surface area contributed by atoms with E-state index in [-0.39, 0.29) is 25.0 Å². The second-order valence-corrected chi connectivity index (χ2v) is 5.05. The Labute approximate surface area is 86.0 Å². The summed E-state index contributed by atoms with van der Waals surface area (Å²) in [6, 6.07) is 0. The molecule has 0 aromatic heterocycles. The molecule has 1 aliphatic rings. The molecule has 7 heteroatoms. The molecule has 0 aromatic carbocycles. The van der Waals surface area contributed by atoms with E-state index < -0.39 is 22.2 Å². The van der Waals surface area contributed by atoms with Crippen LogP contribution in [0.2, 0.25) is 0 Å². The Morgan fingerprint density at radius 2 is 2.07 bits per heavy atom. The van der Waals surface area contributed by atoms with Gasteiger partial charge in [0.2, 0.25) is 0 Å². The molecular weight excluding hydrogens is 233 g/mol. The zero-order valence-electron chi connectivity index (χ0n) is 8.04. The lowest BCUT2D eigenvalue weighted by Crippen LogP contribution is -2.25. The summed E-state index contributed by atoms with van der Waals surface area (Å²) in [5, 5.41) is 0. The van der Waals surface area contributed by atoms with E-state index in [9.17, 15) is 21.6 Å². The van der Waals surface area contributed by atoms with Crippen LogP contribution in [0.1, 0.15) is 19.3 Å². The molecule has 1 rings (SSSR count). The van der Waals surface area contributed by atoms with Gasteiger partial charge in [-0.25, -0.2) is 0 Å². The number of hydrogen-bond donors (Lipinski definition) is 0. The average molecular weight is 244 g/mol. The summed E-state index contributed by atoms with van der Waals surface area (Å²) >= 11 is 0. The molecule has 1 aliphatic carbocycles. The number of alkyl halides is 3. The number of halogens is 3. The third-order valence-electron chi connectivity index (χ3n) is 2.09. The maximum atomic E-state index is 12.2. The molecule has 0 aromatic rings. The summed E-state index contributed by atoms with van der Waals surface area (Å²) in [4.78, 5) is 0. The van der Waals surface area contributed by atoms with Crippen molar-refractivity contribution in [3.63, 3.8) is 0 Å². The molecule has 0 saturated carbocycles. The fourth-order valence-corrected chi connectivity index (χ4v) is 1.92. The summed E-state index contributed by atoms with van der Waals surface area (Å²) in [6.07, 6.45) is -2.48. The first-order valence-electron chi connectivity index (χ1n) is 4.33. The molecule has 0 bridgehead atoms. The Hall–Kier alpha value is -0.720. The molecule has 1 unspecified atom stereocenters.